The fraction of sp³-hybridized carbons (Fsp3) is 0.650. The van der Waals surface area contributed by atoms with E-state index >= 15 is 0 Å². The van der Waals surface area contributed by atoms with Gasteiger partial charge in [-0.3, -0.25) is 0 Å². The van der Waals surface area contributed by atoms with E-state index < -0.39 is 6.10 Å². The summed E-state index contributed by atoms with van der Waals surface area (Å²) in [4.78, 5) is 2.36. The van der Waals surface area contributed by atoms with E-state index in [1.807, 2.05) is 25.2 Å². The summed E-state index contributed by atoms with van der Waals surface area (Å²) in [5.41, 5.74) is 1.16. The topological polar surface area (TPSA) is 88.3 Å². The smallest absolute Gasteiger partial charge is 0.209 e. The average Bonchev–Trinajstić information content (AvgIpc) is 2.96. The Labute approximate surface area is 177 Å². The molecule has 1 atom stereocenters. The highest BCUT2D eigenvalue weighted by Gasteiger charge is 2.14. The molecule has 1 unspecified atom stereocenters. The van der Waals surface area contributed by atoms with Crippen LogP contribution in [0.4, 0.5) is 0 Å². The van der Waals surface area contributed by atoms with Crippen molar-refractivity contribution in [2.45, 2.75) is 43.5 Å². The first-order valence-electron chi connectivity index (χ1n) is 10.4. The van der Waals surface area contributed by atoms with E-state index in [-0.39, 0.29) is 0 Å². The van der Waals surface area contributed by atoms with Gasteiger partial charge in [0.15, 0.2) is 0 Å². The average molecular weight is 421 g/mol. The highest BCUT2D eigenvalue weighted by molar-refractivity contribution is 7.99. The lowest BCUT2D eigenvalue weighted by atomic mass is 10.2. The van der Waals surface area contributed by atoms with E-state index in [2.05, 4.69) is 31.8 Å². The van der Waals surface area contributed by atoms with Crippen molar-refractivity contribution in [1.82, 2.24) is 30.4 Å². The Morgan fingerprint density at radius 3 is 2.83 bits per heavy atom. The van der Waals surface area contributed by atoms with E-state index in [1.165, 1.54) is 25.7 Å². The van der Waals surface area contributed by atoms with Gasteiger partial charge in [0.25, 0.3) is 0 Å². The molecule has 1 aromatic carbocycles. The van der Waals surface area contributed by atoms with E-state index in [0.29, 0.717) is 13.2 Å². The van der Waals surface area contributed by atoms with Gasteiger partial charge in [0.05, 0.1) is 0 Å². The van der Waals surface area contributed by atoms with E-state index in [4.69, 9.17) is 4.74 Å². The molecule has 2 heterocycles. The van der Waals surface area contributed by atoms with Crippen molar-refractivity contribution in [1.29, 1.82) is 0 Å². The Bertz CT molecular complexity index is 721. The second-order valence-corrected chi connectivity index (χ2v) is 8.50. The van der Waals surface area contributed by atoms with Crippen LogP contribution in [0.5, 0.6) is 5.75 Å². The number of thioether (sulfide) groups is 1. The van der Waals surface area contributed by atoms with Gasteiger partial charge in [-0.15, -0.1) is 5.10 Å². The first kappa shape index (κ1) is 22.0. The van der Waals surface area contributed by atoms with E-state index in [1.54, 1.807) is 16.4 Å². The molecule has 3 rings (SSSR count). The van der Waals surface area contributed by atoms with Crippen LogP contribution in [0.2, 0.25) is 0 Å². The van der Waals surface area contributed by atoms with Crippen molar-refractivity contribution in [3.05, 3.63) is 29.8 Å². The lowest BCUT2D eigenvalue weighted by Crippen LogP contribution is -2.36. The number of hydrogen-bond donors (Lipinski definition) is 2. The maximum Gasteiger partial charge on any atom is 0.209 e. The molecule has 0 radical (unpaired) electrons. The van der Waals surface area contributed by atoms with Crippen LogP contribution in [-0.4, -0.2) is 74.9 Å². The van der Waals surface area contributed by atoms with Gasteiger partial charge in [0.1, 0.15) is 18.5 Å². The van der Waals surface area contributed by atoms with Crippen LogP contribution in [0.3, 0.4) is 0 Å². The van der Waals surface area contributed by atoms with E-state index in [9.17, 15) is 5.11 Å². The summed E-state index contributed by atoms with van der Waals surface area (Å²) >= 11 is 1.63. The molecule has 160 valence electrons. The predicted octanol–water partition coefficient (Wildman–Crippen LogP) is 1.71. The summed E-state index contributed by atoms with van der Waals surface area (Å²) in [5, 5.41) is 26.0. The molecule has 0 spiro atoms. The first-order chi connectivity index (χ1) is 14.2. The van der Waals surface area contributed by atoms with Gasteiger partial charge >= 0.3 is 0 Å². The Morgan fingerprint density at radius 2 is 2.07 bits per heavy atom. The summed E-state index contributed by atoms with van der Waals surface area (Å²) in [5.74, 6) is 1.70. The van der Waals surface area contributed by atoms with Gasteiger partial charge in [-0.25, -0.2) is 4.68 Å². The molecule has 0 amide bonds. The van der Waals surface area contributed by atoms with Crippen LogP contribution in [0.15, 0.2) is 29.4 Å². The molecule has 0 bridgehead atoms. The van der Waals surface area contributed by atoms with Crippen LogP contribution in [-0.2, 0) is 13.6 Å². The predicted molar refractivity (Wildman–Crippen MR) is 114 cm³/mol. The molecule has 9 heteroatoms. The molecular formula is C20H32N6O2S. The third-order valence-electron chi connectivity index (χ3n) is 4.93. The van der Waals surface area contributed by atoms with Crippen molar-refractivity contribution >= 4 is 11.8 Å². The standard InChI is InChI=1S/C20H32N6O2S/c1-25-20(22-23-24-25)29-12-9-21-14-17-7-6-8-19(13-17)28-16-18(27)15-26-10-4-2-3-5-11-26/h6-8,13,18,21,27H,2-5,9-12,14-16H2,1H3. The van der Waals surface area contributed by atoms with E-state index in [0.717, 1.165) is 48.4 Å². The van der Waals surface area contributed by atoms with Crippen LogP contribution in [0.25, 0.3) is 0 Å². The van der Waals surface area contributed by atoms with Gasteiger partial charge in [0, 0.05) is 32.4 Å². The summed E-state index contributed by atoms with van der Waals surface area (Å²) in [6.45, 7) is 4.82. The molecule has 1 aliphatic heterocycles. The highest BCUT2D eigenvalue weighted by Crippen LogP contribution is 2.15. The zero-order chi connectivity index (χ0) is 20.3. The molecule has 29 heavy (non-hydrogen) atoms. The maximum atomic E-state index is 10.3. The molecule has 0 aliphatic carbocycles. The monoisotopic (exact) mass is 420 g/mol. The number of benzene rings is 1. The number of hydrogen-bond acceptors (Lipinski definition) is 8. The molecule has 1 aromatic heterocycles. The van der Waals surface area contributed by atoms with Gasteiger partial charge in [0.2, 0.25) is 5.16 Å². The number of aliphatic hydroxyl groups is 1. The number of likely N-dealkylation sites (tertiary alicyclic amines) is 1. The number of aryl methyl sites for hydroxylation is 1. The maximum absolute atomic E-state index is 10.3. The van der Waals surface area contributed by atoms with Crippen molar-refractivity contribution in [3.8, 4) is 5.75 Å². The van der Waals surface area contributed by atoms with Crippen LogP contribution >= 0.6 is 11.8 Å². The molecule has 1 fully saturated rings. The third kappa shape index (κ3) is 7.93. The Morgan fingerprint density at radius 1 is 1.24 bits per heavy atom. The number of rotatable bonds is 11. The molecule has 1 aliphatic rings. The SMILES string of the molecule is Cn1nnnc1SCCNCc1cccc(OCC(O)CN2CCCCCC2)c1. The highest BCUT2D eigenvalue weighted by atomic mass is 32.2. The quantitative estimate of drug-likeness (QED) is 0.420. The van der Waals surface area contributed by atoms with Crippen molar-refractivity contribution in [3.63, 3.8) is 0 Å². The zero-order valence-corrected chi connectivity index (χ0v) is 18.0. The molecular weight excluding hydrogens is 388 g/mol. The molecule has 2 aromatic rings. The molecule has 8 nitrogen and oxygen atoms in total. The van der Waals surface area contributed by atoms with Crippen LogP contribution in [0, 0.1) is 0 Å². The lowest BCUT2D eigenvalue weighted by molar-refractivity contribution is 0.0693. The number of aliphatic hydroxyl groups excluding tert-OH is 1. The van der Waals surface area contributed by atoms with Gasteiger partial charge in [-0.1, -0.05) is 36.7 Å². The minimum Gasteiger partial charge on any atom is -0.491 e. The minimum atomic E-state index is -0.456. The Kier molecular flexibility index (Phi) is 9.20. The summed E-state index contributed by atoms with van der Waals surface area (Å²) in [6, 6.07) is 8.05. The lowest BCUT2D eigenvalue weighted by Gasteiger charge is -2.23. The second kappa shape index (κ2) is 12.1. The molecule has 2 N–H and O–H groups in total. The van der Waals surface area contributed by atoms with Gasteiger partial charge in [-0.2, -0.15) is 0 Å². The Hall–Kier alpha value is -1.68. The summed E-state index contributed by atoms with van der Waals surface area (Å²) < 4.78 is 7.51. The fourth-order valence-electron chi connectivity index (χ4n) is 3.40. The number of tetrazole rings is 1. The molecule has 0 saturated carbocycles. The largest absolute Gasteiger partial charge is 0.491 e. The van der Waals surface area contributed by atoms with Gasteiger partial charge in [-0.05, 0) is 54.1 Å². The number of β-amino-alcohol motifs (C(OH)–C–C–N with tert-alkyl or cyclic N) is 1. The Balaban J connectivity index is 1.33. The fourth-order valence-corrected chi connectivity index (χ4v) is 4.14. The van der Waals surface area contributed by atoms with Crippen molar-refractivity contribution in [2.75, 3.05) is 38.5 Å². The summed E-state index contributed by atoms with van der Waals surface area (Å²) in [6.07, 6.45) is 4.62. The summed E-state index contributed by atoms with van der Waals surface area (Å²) in [7, 11) is 1.84. The zero-order valence-electron chi connectivity index (χ0n) is 17.2. The van der Waals surface area contributed by atoms with Gasteiger partial charge < -0.3 is 20.1 Å². The number of ether oxygens (including phenoxy) is 1. The minimum absolute atomic E-state index is 0.329. The van der Waals surface area contributed by atoms with Crippen LogP contribution in [0.1, 0.15) is 31.2 Å². The number of aromatic nitrogens is 4. The van der Waals surface area contributed by atoms with Crippen LogP contribution < -0.4 is 10.1 Å². The first-order valence-corrected chi connectivity index (χ1v) is 11.4. The van der Waals surface area contributed by atoms with Crippen molar-refractivity contribution < 1.29 is 9.84 Å². The molecule has 1 saturated heterocycles. The third-order valence-corrected chi connectivity index (χ3v) is 5.94. The number of nitrogens with one attached hydrogen (secondary N) is 1. The van der Waals surface area contributed by atoms with Crippen molar-refractivity contribution in [2.24, 2.45) is 7.05 Å². The number of nitrogens with zero attached hydrogens (tertiary/aromatic N) is 5. The normalized spacial score (nSPS) is 16.5. The second-order valence-electron chi connectivity index (χ2n) is 7.44.